The molecule has 7 nitrogen and oxygen atoms in total. The highest BCUT2D eigenvalue weighted by Gasteiger charge is 2.48. The van der Waals surface area contributed by atoms with Gasteiger partial charge in [0, 0.05) is 18.3 Å². The number of benzene rings is 1. The molecule has 0 bridgehead atoms. The molecule has 2 aliphatic rings. The average molecular weight is 486 g/mol. The fourth-order valence-corrected chi connectivity index (χ4v) is 4.90. The number of amidine groups is 1. The number of alkyl halides is 2. The molecule has 0 radical (unpaired) electrons. The maximum Gasteiger partial charge on any atom is 0.215 e. The van der Waals surface area contributed by atoms with Crippen LogP contribution in [0.2, 0.25) is 0 Å². The second-order valence-corrected chi connectivity index (χ2v) is 10.1. The van der Waals surface area contributed by atoms with E-state index in [9.17, 15) is 26.0 Å². The molecule has 178 valence electrons. The van der Waals surface area contributed by atoms with Gasteiger partial charge in [-0.15, -0.1) is 0 Å². The van der Waals surface area contributed by atoms with E-state index < -0.39 is 46.1 Å². The molecule has 4 rings (SSSR count). The zero-order valence-corrected chi connectivity index (χ0v) is 18.7. The number of halogens is 4. The van der Waals surface area contributed by atoms with Crippen molar-refractivity contribution < 1.29 is 30.8 Å². The Balaban J connectivity index is 1.66. The highest BCUT2D eigenvalue weighted by molar-refractivity contribution is 7.88. The van der Waals surface area contributed by atoms with Crippen molar-refractivity contribution in [3.63, 3.8) is 0 Å². The Morgan fingerprint density at radius 2 is 1.97 bits per heavy atom. The fraction of sp³-hybridized carbons (Fsp3) is 0.429. The number of pyridine rings is 1. The maximum absolute atomic E-state index is 14.6. The van der Waals surface area contributed by atoms with E-state index in [0.29, 0.717) is 5.56 Å². The van der Waals surface area contributed by atoms with Gasteiger partial charge in [-0.3, -0.25) is 4.98 Å². The Morgan fingerprint density at radius 3 is 2.61 bits per heavy atom. The van der Waals surface area contributed by atoms with Crippen LogP contribution in [0.25, 0.3) is 11.1 Å². The van der Waals surface area contributed by atoms with Crippen molar-refractivity contribution in [3.05, 3.63) is 53.4 Å². The van der Waals surface area contributed by atoms with E-state index >= 15 is 0 Å². The van der Waals surface area contributed by atoms with Gasteiger partial charge < -0.3 is 9.74 Å². The van der Waals surface area contributed by atoms with Crippen LogP contribution in [0.1, 0.15) is 17.7 Å². The lowest BCUT2D eigenvalue weighted by atomic mass is 9.88. The summed E-state index contributed by atoms with van der Waals surface area (Å²) in [5.74, 6) is -1.49. The number of aryl methyl sites for hydroxylation is 1. The standard InChI is InChI=1S/C21H22F4N4O3S/c1-12-6-13(19-14(23)4-3-5-15(19)24)20(26-8-12)21(11-22)7-18(27-32-21)29-9-16(25)17(10-29)28-33(2,30)31/h3-6,8,16-17,28H,7,9-11H2,1-2H3/t16-,17+,21?/m0/s1. The fourth-order valence-electron chi connectivity index (χ4n) is 4.13. The predicted octanol–water partition coefficient (Wildman–Crippen LogP) is 2.81. The Hall–Kier alpha value is -2.73. The molecule has 12 heteroatoms. The quantitative estimate of drug-likeness (QED) is 0.658. The van der Waals surface area contributed by atoms with Gasteiger partial charge in [0.15, 0.2) is 0 Å². The van der Waals surface area contributed by atoms with Gasteiger partial charge in [-0.2, -0.15) is 0 Å². The molecule has 0 amide bonds. The summed E-state index contributed by atoms with van der Waals surface area (Å²) in [7, 11) is -3.64. The van der Waals surface area contributed by atoms with Crippen LogP contribution in [0, 0.1) is 18.6 Å². The van der Waals surface area contributed by atoms with Crippen molar-refractivity contribution in [1.29, 1.82) is 0 Å². The van der Waals surface area contributed by atoms with Crippen LogP contribution in [0.15, 0.2) is 35.6 Å². The number of hydrogen-bond acceptors (Lipinski definition) is 6. The van der Waals surface area contributed by atoms with E-state index in [-0.39, 0.29) is 42.2 Å². The van der Waals surface area contributed by atoms with Crippen LogP contribution in [-0.4, -0.2) is 62.4 Å². The first-order valence-electron chi connectivity index (χ1n) is 10.1. The third kappa shape index (κ3) is 4.54. The van der Waals surface area contributed by atoms with Crippen molar-refractivity contribution in [2.24, 2.45) is 5.16 Å². The molecule has 3 atom stereocenters. The maximum atomic E-state index is 14.6. The smallest absolute Gasteiger partial charge is 0.215 e. The summed E-state index contributed by atoms with van der Waals surface area (Å²) in [5, 5.41) is 3.92. The average Bonchev–Trinajstić information content (AvgIpc) is 3.32. The Morgan fingerprint density at radius 1 is 1.27 bits per heavy atom. The SMILES string of the molecule is Cc1cnc(C2(CF)CC(N3C[C@H](F)[C@H](NS(C)(=O)=O)C3)=NO2)c(-c2c(F)cccc2F)c1. The molecular formula is C21H22F4N4O3S. The molecule has 1 fully saturated rings. The zero-order valence-electron chi connectivity index (χ0n) is 17.9. The van der Waals surface area contributed by atoms with Crippen LogP contribution in [0.4, 0.5) is 17.6 Å². The molecule has 1 saturated heterocycles. The summed E-state index contributed by atoms with van der Waals surface area (Å²) in [4.78, 5) is 11.2. The van der Waals surface area contributed by atoms with E-state index in [1.165, 1.54) is 23.2 Å². The Bertz CT molecular complexity index is 1190. The van der Waals surface area contributed by atoms with Gasteiger partial charge in [0.25, 0.3) is 0 Å². The highest BCUT2D eigenvalue weighted by atomic mass is 32.2. The molecule has 0 saturated carbocycles. The van der Waals surface area contributed by atoms with E-state index in [4.69, 9.17) is 4.84 Å². The third-order valence-corrected chi connectivity index (χ3v) is 6.38. The molecule has 0 aliphatic carbocycles. The molecule has 1 aromatic heterocycles. The number of rotatable bonds is 5. The molecule has 2 aliphatic heterocycles. The third-order valence-electron chi connectivity index (χ3n) is 5.65. The van der Waals surface area contributed by atoms with Gasteiger partial charge in [-0.05, 0) is 30.7 Å². The van der Waals surface area contributed by atoms with Crippen molar-refractivity contribution in [3.8, 4) is 11.1 Å². The number of nitrogens with zero attached hydrogens (tertiary/aromatic N) is 3. The van der Waals surface area contributed by atoms with E-state index in [1.54, 1.807) is 6.92 Å². The summed E-state index contributed by atoms with van der Waals surface area (Å²) < 4.78 is 83.2. The summed E-state index contributed by atoms with van der Waals surface area (Å²) in [6, 6.07) is 3.89. The van der Waals surface area contributed by atoms with Gasteiger partial charge in [0.1, 0.15) is 30.3 Å². The van der Waals surface area contributed by atoms with Crippen molar-refractivity contribution in [2.45, 2.75) is 31.2 Å². The van der Waals surface area contributed by atoms with Gasteiger partial charge in [0.05, 0.1) is 36.5 Å². The highest BCUT2D eigenvalue weighted by Crippen LogP contribution is 2.42. The van der Waals surface area contributed by atoms with E-state index in [2.05, 4.69) is 14.9 Å². The minimum absolute atomic E-state index is 0.0288. The molecule has 2 aromatic rings. The zero-order chi connectivity index (χ0) is 24.0. The normalized spacial score (nSPS) is 25.3. The molecule has 3 heterocycles. The number of aromatic nitrogens is 1. The van der Waals surface area contributed by atoms with E-state index in [1.807, 2.05) is 0 Å². The minimum atomic E-state index is -3.64. The topological polar surface area (TPSA) is 83.9 Å². The molecule has 0 spiro atoms. The summed E-state index contributed by atoms with van der Waals surface area (Å²) >= 11 is 0. The predicted molar refractivity (Wildman–Crippen MR) is 113 cm³/mol. The monoisotopic (exact) mass is 486 g/mol. The second-order valence-electron chi connectivity index (χ2n) is 8.33. The summed E-state index contributed by atoms with van der Waals surface area (Å²) in [5.41, 5.74) is -1.56. The first-order valence-corrected chi connectivity index (χ1v) is 12.0. The molecule has 1 aromatic carbocycles. The lowest BCUT2D eigenvalue weighted by molar-refractivity contribution is -0.0435. The lowest BCUT2D eigenvalue weighted by Gasteiger charge is -2.26. The largest absolute Gasteiger partial charge is 0.378 e. The number of likely N-dealkylation sites (tertiary alicyclic amines) is 1. The van der Waals surface area contributed by atoms with Gasteiger partial charge in [-0.25, -0.2) is 30.7 Å². The van der Waals surface area contributed by atoms with Crippen molar-refractivity contribution in [2.75, 3.05) is 26.0 Å². The Labute approximate surface area is 188 Å². The Kier molecular flexibility index (Phi) is 6.08. The molecular weight excluding hydrogens is 464 g/mol. The number of sulfonamides is 1. The first kappa shape index (κ1) is 23.4. The number of hydrogen-bond donors (Lipinski definition) is 1. The lowest BCUT2D eigenvalue weighted by Crippen LogP contribution is -2.41. The van der Waals surface area contributed by atoms with Gasteiger partial charge in [-0.1, -0.05) is 11.2 Å². The summed E-state index contributed by atoms with van der Waals surface area (Å²) in [6.07, 6.45) is 0.666. The number of nitrogens with one attached hydrogen (secondary N) is 1. The first-order chi connectivity index (χ1) is 15.5. The number of oxime groups is 1. The van der Waals surface area contributed by atoms with Crippen molar-refractivity contribution in [1.82, 2.24) is 14.6 Å². The summed E-state index contributed by atoms with van der Waals surface area (Å²) in [6.45, 7) is 0.360. The minimum Gasteiger partial charge on any atom is -0.378 e. The van der Waals surface area contributed by atoms with Crippen LogP contribution < -0.4 is 4.72 Å². The molecule has 33 heavy (non-hydrogen) atoms. The molecule has 1 N–H and O–H groups in total. The van der Waals surface area contributed by atoms with Gasteiger partial charge in [0.2, 0.25) is 15.6 Å². The van der Waals surface area contributed by atoms with Crippen LogP contribution in [0.5, 0.6) is 0 Å². The molecule has 1 unspecified atom stereocenters. The van der Waals surface area contributed by atoms with E-state index in [0.717, 1.165) is 18.4 Å². The van der Waals surface area contributed by atoms with Crippen LogP contribution in [0.3, 0.4) is 0 Å². The van der Waals surface area contributed by atoms with Gasteiger partial charge >= 0.3 is 0 Å². The second kappa shape index (κ2) is 8.56. The van der Waals surface area contributed by atoms with Crippen LogP contribution in [-0.2, 0) is 20.5 Å². The van der Waals surface area contributed by atoms with Crippen LogP contribution >= 0.6 is 0 Å². The van der Waals surface area contributed by atoms with Crippen molar-refractivity contribution >= 4 is 15.9 Å².